The van der Waals surface area contributed by atoms with E-state index in [-0.39, 0.29) is 23.7 Å². The third-order valence-electron chi connectivity index (χ3n) is 5.66. The Kier molecular flexibility index (Phi) is 5.13. The van der Waals surface area contributed by atoms with Gasteiger partial charge in [0.2, 0.25) is 5.91 Å². The van der Waals surface area contributed by atoms with E-state index in [1.165, 1.54) is 6.07 Å². The quantitative estimate of drug-likeness (QED) is 0.885. The molecule has 2 saturated heterocycles. The Bertz CT molecular complexity index is 914. The summed E-state index contributed by atoms with van der Waals surface area (Å²) in [7, 11) is 0. The van der Waals surface area contributed by atoms with Crippen molar-refractivity contribution in [3.63, 3.8) is 0 Å². The molecule has 2 amide bonds. The van der Waals surface area contributed by atoms with E-state index in [1.807, 2.05) is 30.3 Å². The number of hydrogen-bond donors (Lipinski definition) is 1. The van der Waals surface area contributed by atoms with E-state index in [2.05, 4.69) is 10.2 Å². The second-order valence-electron chi connectivity index (χ2n) is 7.51. The zero-order chi connectivity index (χ0) is 19.7. The van der Waals surface area contributed by atoms with Gasteiger partial charge in [0.05, 0.1) is 0 Å². The van der Waals surface area contributed by atoms with Crippen molar-refractivity contribution in [2.75, 3.05) is 32.7 Å². The van der Waals surface area contributed by atoms with Gasteiger partial charge in [-0.25, -0.2) is 4.39 Å². The maximum absolute atomic E-state index is 13.9. The molecule has 2 aliphatic rings. The summed E-state index contributed by atoms with van der Waals surface area (Å²) in [6, 6.07) is 12.4. The predicted molar refractivity (Wildman–Crippen MR) is 105 cm³/mol. The molecule has 5 nitrogen and oxygen atoms in total. The van der Waals surface area contributed by atoms with Gasteiger partial charge in [-0.05, 0) is 42.2 Å². The highest BCUT2D eigenvalue weighted by molar-refractivity contribution is 5.96. The summed E-state index contributed by atoms with van der Waals surface area (Å²) in [5.41, 5.74) is 2.93. The van der Waals surface area contributed by atoms with Crippen LogP contribution in [0.1, 0.15) is 27.0 Å². The number of amides is 2. The lowest BCUT2D eigenvalue weighted by Crippen LogP contribution is -2.64. The first-order valence-electron chi connectivity index (χ1n) is 9.67. The zero-order valence-electron chi connectivity index (χ0n) is 16.0. The van der Waals surface area contributed by atoms with Gasteiger partial charge in [-0.2, -0.15) is 0 Å². The second-order valence-corrected chi connectivity index (χ2v) is 7.51. The minimum Gasteiger partial charge on any atom is -0.353 e. The predicted octanol–water partition coefficient (Wildman–Crippen LogP) is 1.98. The number of nitrogens with zero attached hydrogens (tertiary/aromatic N) is 2. The molecule has 6 heteroatoms. The van der Waals surface area contributed by atoms with E-state index < -0.39 is 0 Å². The zero-order valence-corrected chi connectivity index (χ0v) is 16.0. The third-order valence-corrected chi connectivity index (χ3v) is 5.66. The molecule has 0 aromatic heterocycles. The average molecular weight is 381 g/mol. The first-order chi connectivity index (χ1) is 13.5. The molecule has 2 aliphatic heterocycles. The Labute approximate surface area is 164 Å². The number of rotatable bonds is 3. The van der Waals surface area contributed by atoms with E-state index in [0.717, 1.165) is 17.7 Å². The van der Waals surface area contributed by atoms with Crippen molar-refractivity contribution in [1.82, 2.24) is 15.1 Å². The summed E-state index contributed by atoms with van der Waals surface area (Å²) in [6.07, 6.45) is 0.489. The molecule has 0 radical (unpaired) electrons. The fourth-order valence-corrected chi connectivity index (χ4v) is 3.98. The van der Waals surface area contributed by atoms with Crippen LogP contribution in [0.25, 0.3) is 0 Å². The molecule has 1 atom stereocenters. The molecule has 0 saturated carbocycles. The van der Waals surface area contributed by atoms with Crippen molar-refractivity contribution in [2.24, 2.45) is 0 Å². The minimum atomic E-state index is -0.273. The SMILES string of the molecule is Cc1ccc(Cc2ccccc2C(=O)N2CCN3CCNC(=O)C3C2)cc1F. The normalized spacial score (nSPS) is 19.9. The number of piperazine rings is 2. The van der Waals surface area contributed by atoms with Crippen molar-refractivity contribution in [2.45, 2.75) is 19.4 Å². The number of carbonyl (C=O) groups excluding carboxylic acids is 2. The monoisotopic (exact) mass is 381 g/mol. The summed E-state index contributed by atoms with van der Waals surface area (Å²) in [6.45, 7) is 4.94. The maximum Gasteiger partial charge on any atom is 0.254 e. The summed E-state index contributed by atoms with van der Waals surface area (Å²) >= 11 is 0. The number of aryl methyl sites for hydroxylation is 1. The summed E-state index contributed by atoms with van der Waals surface area (Å²) in [4.78, 5) is 29.3. The Balaban J connectivity index is 1.55. The van der Waals surface area contributed by atoms with E-state index in [0.29, 0.717) is 43.7 Å². The molecule has 2 aromatic carbocycles. The van der Waals surface area contributed by atoms with Crippen molar-refractivity contribution in [3.8, 4) is 0 Å². The Hall–Kier alpha value is -2.73. The molecule has 0 bridgehead atoms. The standard InChI is InChI=1S/C22H24FN3O2/c1-15-6-7-16(13-19(15)23)12-17-4-2-3-5-18(17)22(28)26-11-10-25-9-8-24-21(27)20(25)14-26/h2-7,13,20H,8-12,14H2,1H3,(H,24,27). The maximum atomic E-state index is 13.9. The van der Waals surface area contributed by atoms with Gasteiger partial charge >= 0.3 is 0 Å². The van der Waals surface area contributed by atoms with Crippen LogP contribution in [0.15, 0.2) is 42.5 Å². The van der Waals surface area contributed by atoms with Gasteiger partial charge in [0, 0.05) is 38.3 Å². The summed E-state index contributed by atoms with van der Waals surface area (Å²) < 4.78 is 13.9. The lowest BCUT2D eigenvalue weighted by molar-refractivity contribution is -0.131. The Morgan fingerprint density at radius 3 is 2.82 bits per heavy atom. The van der Waals surface area contributed by atoms with E-state index in [9.17, 15) is 14.0 Å². The van der Waals surface area contributed by atoms with Crippen molar-refractivity contribution >= 4 is 11.8 Å². The molecule has 4 rings (SSSR count). The van der Waals surface area contributed by atoms with Crippen LogP contribution in [0.4, 0.5) is 4.39 Å². The number of carbonyl (C=O) groups is 2. The third kappa shape index (κ3) is 3.64. The van der Waals surface area contributed by atoms with Gasteiger partial charge in [-0.15, -0.1) is 0 Å². The highest BCUT2D eigenvalue weighted by Crippen LogP contribution is 2.21. The van der Waals surface area contributed by atoms with Crippen LogP contribution in [0.2, 0.25) is 0 Å². The Morgan fingerprint density at radius 2 is 2.00 bits per heavy atom. The molecule has 0 aliphatic carbocycles. The Morgan fingerprint density at radius 1 is 1.18 bits per heavy atom. The van der Waals surface area contributed by atoms with Crippen molar-refractivity contribution < 1.29 is 14.0 Å². The number of hydrogen-bond acceptors (Lipinski definition) is 3. The summed E-state index contributed by atoms with van der Waals surface area (Å²) in [5.74, 6) is -0.311. The smallest absolute Gasteiger partial charge is 0.254 e. The highest BCUT2D eigenvalue weighted by atomic mass is 19.1. The molecule has 1 unspecified atom stereocenters. The molecule has 2 heterocycles. The van der Waals surface area contributed by atoms with Crippen molar-refractivity contribution in [1.29, 1.82) is 0 Å². The first kappa shape index (κ1) is 18.6. The van der Waals surface area contributed by atoms with Crippen LogP contribution >= 0.6 is 0 Å². The van der Waals surface area contributed by atoms with Gasteiger partial charge < -0.3 is 10.2 Å². The molecule has 2 aromatic rings. The number of halogens is 1. The molecule has 1 N–H and O–H groups in total. The molecular weight excluding hydrogens is 357 g/mol. The number of benzene rings is 2. The fraction of sp³-hybridized carbons (Fsp3) is 0.364. The fourth-order valence-electron chi connectivity index (χ4n) is 3.98. The lowest BCUT2D eigenvalue weighted by Gasteiger charge is -2.43. The topological polar surface area (TPSA) is 52.7 Å². The van der Waals surface area contributed by atoms with E-state index in [4.69, 9.17) is 0 Å². The van der Waals surface area contributed by atoms with E-state index in [1.54, 1.807) is 17.9 Å². The molecule has 2 fully saturated rings. The van der Waals surface area contributed by atoms with E-state index >= 15 is 0 Å². The highest BCUT2D eigenvalue weighted by Gasteiger charge is 2.36. The number of nitrogens with one attached hydrogen (secondary N) is 1. The van der Waals surface area contributed by atoms with Crippen LogP contribution in [-0.4, -0.2) is 60.4 Å². The molecule has 28 heavy (non-hydrogen) atoms. The van der Waals surface area contributed by atoms with Crippen LogP contribution in [0, 0.1) is 12.7 Å². The minimum absolute atomic E-state index is 0.00725. The van der Waals surface area contributed by atoms with Gasteiger partial charge in [0.25, 0.3) is 5.91 Å². The molecule has 146 valence electrons. The first-order valence-corrected chi connectivity index (χ1v) is 9.67. The van der Waals surface area contributed by atoms with Crippen LogP contribution in [0.5, 0.6) is 0 Å². The van der Waals surface area contributed by atoms with Crippen LogP contribution < -0.4 is 5.32 Å². The average Bonchev–Trinajstić information content (AvgIpc) is 2.71. The van der Waals surface area contributed by atoms with Gasteiger partial charge in [-0.3, -0.25) is 14.5 Å². The number of fused-ring (bicyclic) bond motifs is 1. The molecule has 0 spiro atoms. The van der Waals surface area contributed by atoms with Gasteiger partial charge in [-0.1, -0.05) is 30.3 Å². The second kappa shape index (κ2) is 7.72. The molecular formula is C22H24FN3O2. The largest absolute Gasteiger partial charge is 0.353 e. The van der Waals surface area contributed by atoms with Crippen LogP contribution in [-0.2, 0) is 11.2 Å². The van der Waals surface area contributed by atoms with Crippen LogP contribution in [0.3, 0.4) is 0 Å². The lowest BCUT2D eigenvalue weighted by atomic mass is 9.97. The summed E-state index contributed by atoms with van der Waals surface area (Å²) in [5, 5.41) is 2.88. The van der Waals surface area contributed by atoms with Gasteiger partial charge in [0.15, 0.2) is 0 Å². The van der Waals surface area contributed by atoms with Crippen molar-refractivity contribution in [3.05, 3.63) is 70.5 Å². The van der Waals surface area contributed by atoms with Gasteiger partial charge in [0.1, 0.15) is 11.9 Å².